The number of aryl methyl sites for hydroxylation is 2. The lowest BCUT2D eigenvalue weighted by Gasteiger charge is -2.01. The fraction of sp³-hybridized carbons (Fsp3) is 0.267. The van der Waals surface area contributed by atoms with Gasteiger partial charge >= 0.3 is 0 Å². The average molecular weight is 291 g/mol. The van der Waals surface area contributed by atoms with Gasteiger partial charge in [0.2, 0.25) is 0 Å². The Bertz CT molecular complexity index is 651. The summed E-state index contributed by atoms with van der Waals surface area (Å²) >= 11 is 1.41. The Morgan fingerprint density at radius 3 is 2.80 bits per heavy atom. The monoisotopic (exact) mass is 291 g/mol. The number of benzene rings is 1. The van der Waals surface area contributed by atoms with E-state index in [1.54, 1.807) is 6.07 Å². The lowest BCUT2D eigenvalue weighted by molar-refractivity contribution is 0.350. The highest BCUT2D eigenvalue weighted by Crippen LogP contribution is 2.24. The lowest BCUT2D eigenvalue weighted by Crippen LogP contribution is -1.87. The maximum atomic E-state index is 13.5. The first-order valence-electron chi connectivity index (χ1n) is 6.04. The van der Waals surface area contributed by atoms with Gasteiger partial charge in [0.05, 0.1) is 5.69 Å². The third-order valence-electron chi connectivity index (χ3n) is 2.64. The molecule has 20 heavy (non-hydrogen) atoms. The minimum Gasteiger partial charge on any atom is -0.437 e. The van der Waals surface area contributed by atoms with Crippen LogP contribution in [-0.4, -0.2) is 16.7 Å². The number of hydrogen-bond donors (Lipinski definition) is 1. The van der Waals surface area contributed by atoms with E-state index in [9.17, 15) is 4.39 Å². The average Bonchev–Trinajstić information content (AvgIpc) is 2.73. The zero-order chi connectivity index (χ0) is 14.5. The van der Waals surface area contributed by atoms with E-state index in [-0.39, 0.29) is 12.4 Å². The molecule has 0 aliphatic heterocycles. The van der Waals surface area contributed by atoms with Gasteiger partial charge in [0, 0.05) is 11.3 Å². The molecule has 0 amide bonds. The minimum absolute atomic E-state index is 0.241. The molecule has 104 valence electrons. The maximum Gasteiger partial charge on any atom is 0.256 e. The van der Waals surface area contributed by atoms with Crippen molar-refractivity contribution in [3.05, 3.63) is 46.6 Å². The third kappa shape index (κ3) is 3.86. The van der Waals surface area contributed by atoms with Gasteiger partial charge in [-0.3, -0.25) is 0 Å². The van der Waals surface area contributed by atoms with E-state index in [0.717, 1.165) is 17.0 Å². The number of aromatic nitrogens is 1. The van der Waals surface area contributed by atoms with Crippen LogP contribution in [0.4, 0.5) is 4.39 Å². The Morgan fingerprint density at radius 1 is 1.35 bits per heavy atom. The molecule has 0 radical (unpaired) electrons. The van der Waals surface area contributed by atoms with E-state index < -0.39 is 0 Å². The Hall–Kier alpha value is -1.77. The summed E-state index contributed by atoms with van der Waals surface area (Å²) in [5.74, 6) is 6.20. The Balaban J connectivity index is 2.11. The summed E-state index contributed by atoms with van der Waals surface area (Å²) < 4.78 is 18.9. The summed E-state index contributed by atoms with van der Waals surface area (Å²) in [6, 6.07) is 4.59. The Kier molecular flexibility index (Phi) is 4.83. The van der Waals surface area contributed by atoms with Crippen molar-refractivity contribution in [3.8, 4) is 11.8 Å². The number of oxazole rings is 1. The largest absolute Gasteiger partial charge is 0.437 e. The van der Waals surface area contributed by atoms with Gasteiger partial charge in [0.1, 0.15) is 18.2 Å². The molecule has 5 heteroatoms. The van der Waals surface area contributed by atoms with Crippen molar-refractivity contribution in [1.29, 1.82) is 0 Å². The van der Waals surface area contributed by atoms with Crippen LogP contribution in [-0.2, 0) is 5.75 Å². The number of halogens is 1. The molecular weight excluding hydrogens is 277 g/mol. The second-order valence-corrected chi connectivity index (χ2v) is 5.14. The number of thioether (sulfide) groups is 1. The summed E-state index contributed by atoms with van der Waals surface area (Å²) in [6.07, 6.45) is 0. The first-order chi connectivity index (χ1) is 9.58. The fourth-order valence-electron chi connectivity index (χ4n) is 1.60. The van der Waals surface area contributed by atoms with E-state index >= 15 is 0 Å². The van der Waals surface area contributed by atoms with Crippen molar-refractivity contribution in [2.24, 2.45) is 0 Å². The quantitative estimate of drug-likeness (QED) is 0.697. The third-order valence-corrected chi connectivity index (χ3v) is 3.54. The van der Waals surface area contributed by atoms with E-state index in [0.29, 0.717) is 16.5 Å². The van der Waals surface area contributed by atoms with Crippen LogP contribution < -0.4 is 0 Å². The van der Waals surface area contributed by atoms with Crippen LogP contribution in [0.5, 0.6) is 0 Å². The van der Waals surface area contributed by atoms with Crippen molar-refractivity contribution < 1.29 is 13.9 Å². The molecule has 0 fully saturated rings. The topological polar surface area (TPSA) is 46.3 Å². The predicted molar refractivity (Wildman–Crippen MR) is 75.9 cm³/mol. The summed E-state index contributed by atoms with van der Waals surface area (Å²) in [4.78, 5) is 4.26. The molecule has 1 N–H and O–H groups in total. The number of hydrogen-bond acceptors (Lipinski definition) is 4. The molecule has 0 saturated heterocycles. The van der Waals surface area contributed by atoms with Crippen LogP contribution in [0.1, 0.15) is 22.6 Å². The predicted octanol–water partition coefficient (Wildman–Crippen LogP) is 3.07. The van der Waals surface area contributed by atoms with Gasteiger partial charge in [0.15, 0.2) is 0 Å². The number of rotatable bonds is 3. The fourth-order valence-corrected chi connectivity index (χ4v) is 2.44. The molecule has 0 bridgehead atoms. The number of nitrogens with zero attached hydrogens (tertiary/aromatic N) is 1. The van der Waals surface area contributed by atoms with Gasteiger partial charge < -0.3 is 9.52 Å². The van der Waals surface area contributed by atoms with Crippen LogP contribution in [0.2, 0.25) is 0 Å². The summed E-state index contributed by atoms with van der Waals surface area (Å²) in [7, 11) is 0. The van der Waals surface area contributed by atoms with Crippen molar-refractivity contribution >= 4 is 11.8 Å². The van der Waals surface area contributed by atoms with Crippen LogP contribution in [0.3, 0.4) is 0 Å². The van der Waals surface area contributed by atoms with Gasteiger partial charge in [-0.05, 0) is 37.6 Å². The summed E-state index contributed by atoms with van der Waals surface area (Å²) in [5, 5.41) is 9.23. The Morgan fingerprint density at radius 2 is 2.15 bits per heavy atom. The van der Waals surface area contributed by atoms with Crippen molar-refractivity contribution in [2.45, 2.75) is 24.8 Å². The van der Waals surface area contributed by atoms with Gasteiger partial charge in [-0.2, -0.15) is 0 Å². The second kappa shape index (κ2) is 6.60. The molecule has 3 nitrogen and oxygen atoms in total. The molecule has 2 aromatic rings. The molecule has 0 atom stereocenters. The molecular formula is C15H14FNO2S. The summed E-state index contributed by atoms with van der Waals surface area (Å²) in [5.41, 5.74) is 2.21. The van der Waals surface area contributed by atoms with Gasteiger partial charge in [-0.15, -0.1) is 0 Å². The van der Waals surface area contributed by atoms with Crippen LogP contribution in [0, 0.1) is 31.5 Å². The summed E-state index contributed by atoms with van der Waals surface area (Å²) in [6.45, 7) is 3.50. The first-order valence-corrected chi connectivity index (χ1v) is 7.03. The molecule has 1 heterocycles. The molecule has 1 aromatic carbocycles. The van der Waals surface area contributed by atoms with Gasteiger partial charge in [0.25, 0.3) is 5.22 Å². The number of aliphatic hydroxyl groups excluding tert-OH is 1. The normalized spacial score (nSPS) is 10.2. The van der Waals surface area contributed by atoms with E-state index in [1.165, 1.54) is 23.9 Å². The highest BCUT2D eigenvalue weighted by Gasteiger charge is 2.07. The zero-order valence-electron chi connectivity index (χ0n) is 11.2. The van der Waals surface area contributed by atoms with Crippen molar-refractivity contribution in [3.63, 3.8) is 0 Å². The van der Waals surface area contributed by atoms with Gasteiger partial charge in [-0.1, -0.05) is 23.6 Å². The standard InChI is InChI=1S/C15H14FNO2S/c1-10-11(2)19-15(17-10)20-9-13-6-12(4-3-5-18)7-14(16)8-13/h6-8,18H,5,9H2,1-2H3. The van der Waals surface area contributed by atoms with Gasteiger partial charge in [-0.25, -0.2) is 9.37 Å². The van der Waals surface area contributed by atoms with E-state index in [1.807, 2.05) is 13.8 Å². The van der Waals surface area contributed by atoms with Crippen LogP contribution in [0.25, 0.3) is 0 Å². The Labute approximate surface area is 121 Å². The molecule has 0 aliphatic rings. The second-order valence-electron chi connectivity index (χ2n) is 4.22. The smallest absolute Gasteiger partial charge is 0.256 e. The first kappa shape index (κ1) is 14.6. The van der Waals surface area contributed by atoms with E-state index in [4.69, 9.17) is 9.52 Å². The zero-order valence-corrected chi connectivity index (χ0v) is 12.1. The molecule has 0 saturated carbocycles. The molecule has 0 unspecified atom stereocenters. The minimum atomic E-state index is -0.342. The highest BCUT2D eigenvalue weighted by molar-refractivity contribution is 7.98. The molecule has 0 spiro atoms. The van der Waals surface area contributed by atoms with E-state index in [2.05, 4.69) is 16.8 Å². The van der Waals surface area contributed by atoms with Crippen molar-refractivity contribution in [1.82, 2.24) is 4.98 Å². The number of aliphatic hydroxyl groups is 1. The SMILES string of the molecule is Cc1nc(SCc2cc(F)cc(C#CCO)c2)oc1C. The van der Waals surface area contributed by atoms with Crippen LogP contribution >= 0.6 is 11.8 Å². The maximum absolute atomic E-state index is 13.5. The highest BCUT2D eigenvalue weighted by atomic mass is 32.2. The van der Waals surface area contributed by atoms with Crippen molar-refractivity contribution in [2.75, 3.05) is 6.61 Å². The lowest BCUT2D eigenvalue weighted by atomic mass is 10.1. The van der Waals surface area contributed by atoms with Crippen LogP contribution in [0.15, 0.2) is 27.8 Å². The molecule has 2 rings (SSSR count). The molecule has 1 aromatic heterocycles. The molecule has 0 aliphatic carbocycles.